The fourth-order valence-electron chi connectivity index (χ4n) is 3.00. The Morgan fingerprint density at radius 2 is 1.72 bits per heavy atom. The number of hydrogen-bond acceptors (Lipinski definition) is 3. The molecule has 0 spiro atoms. The fourth-order valence-corrected chi connectivity index (χ4v) is 3.23. The second kappa shape index (κ2) is 10.9. The monoisotopic (exact) mass is 416 g/mol. The van der Waals surface area contributed by atoms with Gasteiger partial charge in [-0.1, -0.05) is 41.9 Å². The highest BCUT2D eigenvalue weighted by atomic mass is 35.5. The number of benzene rings is 2. The molecule has 0 aromatic heterocycles. The normalized spacial score (nSPS) is 11.8. The molecule has 2 aromatic carbocycles. The van der Waals surface area contributed by atoms with Gasteiger partial charge in [-0.25, -0.2) is 0 Å². The number of methoxy groups -OCH3 is 1. The lowest BCUT2D eigenvalue weighted by atomic mass is 10.1. The molecule has 156 valence electrons. The largest absolute Gasteiger partial charge is 0.497 e. The number of halogens is 1. The average Bonchev–Trinajstić information content (AvgIpc) is 2.70. The van der Waals surface area contributed by atoms with Crippen LogP contribution in [0.2, 0.25) is 5.02 Å². The Balaban J connectivity index is 2.16. The minimum absolute atomic E-state index is 0.00557. The van der Waals surface area contributed by atoms with Crippen molar-refractivity contribution in [1.82, 2.24) is 10.2 Å². The minimum Gasteiger partial charge on any atom is -0.497 e. The van der Waals surface area contributed by atoms with E-state index in [1.165, 1.54) is 0 Å². The van der Waals surface area contributed by atoms with Crippen LogP contribution in [0.4, 0.5) is 0 Å². The minimum atomic E-state index is -0.585. The van der Waals surface area contributed by atoms with Gasteiger partial charge in [-0.3, -0.25) is 9.59 Å². The number of nitrogens with zero attached hydrogens (tertiary/aromatic N) is 1. The summed E-state index contributed by atoms with van der Waals surface area (Å²) in [6.07, 6.45) is 0.801. The molecule has 1 N–H and O–H groups in total. The predicted molar refractivity (Wildman–Crippen MR) is 116 cm³/mol. The number of amides is 2. The maximum absolute atomic E-state index is 13.1. The van der Waals surface area contributed by atoms with E-state index in [2.05, 4.69) is 5.32 Å². The van der Waals surface area contributed by atoms with Crippen molar-refractivity contribution in [3.8, 4) is 5.75 Å². The summed E-state index contributed by atoms with van der Waals surface area (Å²) in [4.78, 5) is 27.3. The topological polar surface area (TPSA) is 58.6 Å². The molecule has 2 amide bonds. The van der Waals surface area contributed by atoms with E-state index in [4.69, 9.17) is 16.3 Å². The molecule has 29 heavy (non-hydrogen) atoms. The van der Waals surface area contributed by atoms with Crippen LogP contribution >= 0.6 is 11.6 Å². The zero-order chi connectivity index (χ0) is 21.4. The van der Waals surface area contributed by atoms with E-state index in [0.29, 0.717) is 18.0 Å². The third-order valence-electron chi connectivity index (χ3n) is 4.68. The lowest BCUT2D eigenvalue weighted by Gasteiger charge is -2.29. The van der Waals surface area contributed by atoms with E-state index in [1.54, 1.807) is 18.9 Å². The molecule has 0 aliphatic heterocycles. The molecule has 0 saturated carbocycles. The molecule has 1 unspecified atom stereocenters. The summed E-state index contributed by atoms with van der Waals surface area (Å²) < 4.78 is 5.19. The first-order valence-electron chi connectivity index (χ1n) is 9.78. The summed E-state index contributed by atoms with van der Waals surface area (Å²) in [5.41, 5.74) is 1.85. The van der Waals surface area contributed by atoms with Crippen molar-refractivity contribution in [2.75, 3.05) is 7.11 Å². The fraction of sp³-hybridized carbons (Fsp3) is 0.391. The van der Waals surface area contributed by atoms with Crippen LogP contribution in [0.1, 0.15) is 38.3 Å². The Kier molecular flexibility index (Phi) is 8.52. The van der Waals surface area contributed by atoms with Gasteiger partial charge in [0.15, 0.2) is 0 Å². The Labute approximate surface area is 178 Å². The van der Waals surface area contributed by atoms with Crippen LogP contribution < -0.4 is 10.1 Å². The summed E-state index contributed by atoms with van der Waals surface area (Å²) in [5, 5.41) is 3.54. The van der Waals surface area contributed by atoms with Crippen molar-refractivity contribution in [3.05, 3.63) is 64.7 Å². The maximum Gasteiger partial charge on any atom is 0.242 e. The summed E-state index contributed by atoms with van der Waals surface area (Å²) in [7, 11) is 1.61. The molecule has 0 aliphatic rings. The molecule has 0 aliphatic carbocycles. The van der Waals surface area contributed by atoms with Crippen LogP contribution in [-0.4, -0.2) is 35.9 Å². The van der Waals surface area contributed by atoms with Crippen molar-refractivity contribution in [1.29, 1.82) is 0 Å². The molecule has 0 bridgehead atoms. The molecule has 0 radical (unpaired) electrons. The van der Waals surface area contributed by atoms with Gasteiger partial charge in [0.1, 0.15) is 11.8 Å². The maximum atomic E-state index is 13.1. The van der Waals surface area contributed by atoms with Gasteiger partial charge in [-0.15, -0.1) is 0 Å². The average molecular weight is 417 g/mol. The third kappa shape index (κ3) is 6.79. The van der Waals surface area contributed by atoms with Gasteiger partial charge in [0.25, 0.3) is 0 Å². The van der Waals surface area contributed by atoms with Crippen LogP contribution in [0.25, 0.3) is 0 Å². The number of nitrogens with one attached hydrogen (secondary N) is 1. The quantitative estimate of drug-likeness (QED) is 0.665. The summed E-state index contributed by atoms with van der Waals surface area (Å²) >= 11 is 6.21. The molecule has 6 heteroatoms. The molecule has 5 nitrogen and oxygen atoms in total. The molecule has 0 saturated heterocycles. The van der Waals surface area contributed by atoms with E-state index in [-0.39, 0.29) is 24.3 Å². The van der Waals surface area contributed by atoms with Crippen LogP contribution in [0.15, 0.2) is 48.5 Å². The lowest BCUT2D eigenvalue weighted by molar-refractivity contribution is -0.140. The third-order valence-corrected chi connectivity index (χ3v) is 5.04. The van der Waals surface area contributed by atoms with Crippen molar-refractivity contribution in [3.63, 3.8) is 0 Å². The number of ether oxygens (including phenoxy) is 1. The van der Waals surface area contributed by atoms with Crippen LogP contribution in [0.5, 0.6) is 5.75 Å². The van der Waals surface area contributed by atoms with Crippen LogP contribution in [0, 0.1) is 0 Å². The van der Waals surface area contributed by atoms with Crippen molar-refractivity contribution < 1.29 is 14.3 Å². The Bertz CT molecular complexity index is 821. The second-order valence-electron chi connectivity index (χ2n) is 7.30. The van der Waals surface area contributed by atoms with Crippen LogP contribution in [0.3, 0.4) is 0 Å². The van der Waals surface area contributed by atoms with E-state index in [9.17, 15) is 9.59 Å². The van der Waals surface area contributed by atoms with Gasteiger partial charge in [0.2, 0.25) is 11.8 Å². The number of carbonyl (C=O) groups excluding carboxylic acids is 2. The molecular formula is C23H29ClN2O3. The Morgan fingerprint density at radius 3 is 2.31 bits per heavy atom. The summed E-state index contributed by atoms with van der Waals surface area (Å²) in [6, 6.07) is 14.4. The Morgan fingerprint density at radius 1 is 1.07 bits per heavy atom. The first-order chi connectivity index (χ1) is 13.8. The highest BCUT2D eigenvalue weighted by Crippen LogP contribution is 2.19. The van der Waals surface area contributed by atoms with E-state index < -0.39 is 6.04 Å². The van der Waals surface area contributed by atoms with Crippen molar-refractivity contribution in [2.45, 2.75) is 52.2 Å². The van der Waals surface area contributed by atoms with E-state index in [1.807, 2.05) is 62.4 Å². The Hall–Kier alpha value is -2.53. The highest BCUT2D eigenvalue weighted by Gasteiger charge is 2.26. The second-order valence-corrected chi connectivity index (χ2v) is 7.71. The molecule has 2 rings (SSSR count). The lowest BCUT2D eigenvalue weighted by Crippen LogP contribution is -2.49. The first-order valence-corrected chi connectivity index (χ1v) is 10.2. The summed E-state index contributed by atoms with van der Waals surface area (Å²) in [6.45, 7) is 5.90. The van der Waals surface area contributed by atoms with E-state index >= 15 is 0 Å². The molecule has 2 aromatic rings. The zero-order valence-electron chi connectivity index (χ0n) is 17.4. The zero-order valence-corrected chi connectivity index (χ0v) is 18.2. The SMILES string of the molecule is COc1ccc(CN(C(=O)CCc2ccccc2Cl)C(C)C(=O)NC(C)C)cc1. The van der Waals surface area contributed by atoms with Gasteiger partial charge in [-0.2, -0.15) is 0 Å². The van der Waals surface area contributed by atoms with Gasteiger partial charge >= 0.3 is 0 Å². The predicted octanol–water partition coefficient (Wildman–Crippen LogP) is 4.22. The van der Waals surface area contributed by atoms with Gasteiger partial charge in [0, 0.05) is 24.0 Å². The van der Waals surface area contributed by atoms with Gasteiger partial charge in [0.05, 0.1) is 7.11 Å². The molecule has 0 heterocycles. The molecule has 1 atom stereocenters. The number of rotatable bonds is 9. The number of hydrogen-bond donors (Lipinski definition) is 1. The summed E-state index contributed by atoms with van der Waals surface area (Å²) in [5.74, 6) is 0.489. The first kappa shape index (κ1) is 22.8. The molecular weight excluding hydrogens is 388 g/mol. The van der Waals surface area contributed by atoms with Crippen LogP contribution in [-0.2, 0) is 22.6 Å². The van der Waals surface area contributed by atoms with Gasteiger partial charge < -0.3 is 15.0 Å². The highest BCUT2D eigenvalue weighted by molar-refractivity contribution is 6.31. The molecule has 0 fully saturated rings. The number of carbonyl (C=O) groups is 2. The smallest absolute Gasteiger partial charge is 0.242 e. The van der Waals surface area contributed by atoms with Crippen molar-refractivity contribution in [2.24, 2.45) is 0 Å². The number of aryl methyl sites for hydroxylation is 1. The van der Waals surface area contributed by atoms with Gasteiger partial charge in [-0.05, 0) is 56.5 Å². The van der Waals surface area contributed by atoms with E-state index in [0.717, 1.165) is 16.9 Å². The standard InChI is InChI=1S/C23H29ClN2O3/c1-16(2)25-23(28)17(3)26(15-18-9-12-20(29-4)13-10-18)22(27)14-11-19-7-5-6-8-21(19)24/h5-10,12-13,16-17H,11,14-15H2,1-4H3,(H,25,28). The van der Waals surface area contributed by atoms with Crippen molar-refractivity contribution >= 4 is 23.4 Å².